The highest BCUT2D eigenvalue weighted by atomic mass is 16.5. The normalized spacial score (nSPS) is 11.7. The Morgan fingerprint density at radius 3 is 2.50 bits per heavy atom. The highest BCUT2D eigenvalue weighted by Crippen LogP contribution is 2.05. The van der Waals surface area contributed by atoms with E-state index in [9.17, 15) is 9.59 Å². The molecule has 0 saturated carbocycles. The van der Waals surface area contributed by atoms with Crippen molar-refractivity contribution in [3.05, 3.63) is 35.9 Å². The maximum absolute atomic E-state index is 11.5. The molecule has 0 aromatic heterocycles. The number of ether oxygens (including phenoxy) is 1. The average molecular weight is 308 g/mol. The van der Waals surface area contributed by atoms with E-state index < -0.39 is 18.1 Å². The third kappa shape index (κ3) is 8.26. The molecule has 1 rings (SSSR count). The minimum atomic E-state index is -0.956. The summed E-state index contributed by atoms with van der Waals surface area (Å²) in [5, 5.41) is 11.3. The van der Waals surface area contributed by atoms with E-state index in [1.807, 2.05) is 30.3 Å². The van der Waals surface area contributed by atoms with E-state index in [0.29, 0.717) is 13.0 Å². The summed E-state index contributed by atoms with van der Waals surface area (Å²) in [6, 6.07) is 8.72. The zero-order chi connectivity index (χ0) is 16.2. The molecular formula is C16H24N2O4. The highest BCUT2D eigenvalue weighted by molar-refractivity contribution is 5.72. The van der Waals surface area contributed by atoms with Crippen LogP contribution in [0, 0.1) is 0 Å². The number of amides is 1. The van der Waals surface area contributed by atoms with Crippen LogP contribution in [0.2, 0.25) is 0 Å². The molecule has 0 unspecified atom stereocenters. The molecule has 1 atom stereocenters. The minimum absolute atomic E-state index is 0.264. The van der Waals surface area contributed by atoms with E-state index in [2.05, 4.69) is 5.32 Å². The van der Waals surface area contributed by atoms with Crippen molar-refractivity contribution in [1.82, 2.24) is 5.32 Å². The Morgan fingerprint density at radius 1 is 1.14 bits per heavy atom. The van der Waals surface area contributed by atoms with Crippen molar-refractivity contribution >= 4 is 12.1 Å². The predicted molar refractivity (Wildman–Crippen MR) is 83.3 cm³/mol. The quantitative estimate of drug-likeness (QED) is 0.576. The van der Waals surface area contributed by atoms with Crippen LogP contribution in [0.5, 0.6) is 0 Å². The molecule has 1 aromatic carbocycles. The molecule has 0 fully saturated rings. The molecule has 0 aliphatic rings. The molecule has 22 heavy (non-hydrogen) atoms. The molecule has 0 aliphatic carbocycles. The van der Waals surface area contributed by atoms with E-state index in [1.54, 1.807) is 0 Å². The van der Waals surface area contributed by atoms with Crippen LogP contribution in [0.3, 0.4) is 0 Å². The van der Waals surface area contributed by atoms with Crippen molar-refractivity contribution in [1.29, 1.82) is 0 Å². The van der Waals surface area contributed by atoms with Crippen LogP contribution in [0.15, 0.2) is 30.3 Å². The second-order valence-corrected chi connectivity index (χ2v) is 5.14. The molecule has 1 amide bonds. The number of hydrogen-bond acceptors (Lipinski definition) is 4. The molecular weight excluding hydrogens is 284 g/mol. The Balaban J connectivity index is 1.96. The van der Waals surface area contributed by atoms with E-state index in [4.69, 9.17) is 15.6 Å². The zero-order valence-corrected chi connectivity index (χ0v) is 12.7. The SMILES string of the molecule is N[C@@H](CCCCCCNC(=O)OCc1ccccc1)C(=O)O. The summed E-state index contributed by atoms with van der Waals surface area (Å²) in [4.78, 5) is 22.0. The largest absolute Gasteiger partial charge is 0.480 e. The first-order chi connectivity index (χ1) is 10.6. The molecule has 0 heterocycles. The van der Waals surface area contributed by atoms with Gasteiger partial charge >= 0.3 is 12.1 Å². The Kier molecular flexibility index (Phi) is 8.67. The second-order valence-electron chi connectivity index (χ2n) is 5.14. The average Bonchev–Trinajstić information content (AvgIpc) is 2.52. The molecule has 1 aromatic rings. The van der Waals surface area contributed by atoms with Crippen molar-refractivity contribution in [2.45, 2.75) is 44.8 Å². The number of aliphatic carboxylic acids is 1. The molecule has 0 spiro atoms. The maximum Gasteiger partial charge on any atom is 0.407 e. The van der Waals surface area contributed by atoms with Gasteiger partial charge in [-0.3, -0.25) is 4.79 Å². The molecule has 0 radical (unpaired) electrons. The predicted octanol–water partition coefficient (Wildman–Crippen LogP) is 2.28. The smallest absolute Gasteiger partial charge is 0.407 e. The third-order valence-electron chi connectivity index (χ3n) is 3.24. The summed E-state index contributed by atoms with van der Waals surface area (Å²) < 4.78 is 5.08. The molecule has 0 bridgehead atoms. The number of carboxylic acid groups (broad SMARTS) is 1. The van der Waals surface area contributed by atoms with Crippen molar-refractivity contribution in [2.24, 2.45) is 5.73 Å². The number of rotatable bonds is 10. The fourth-order valence-electron chi connectivity index (χ4n) is 1.93. The first kappa shape index (κ1) is 18.0. The molecule has 6 nitrogen and oxygen atoms in total. The van der Waals surface area contributed by atoms with Crippen LogP contribution >= 0.6 is 0 Å². The van der Waals surface area contributed by atoms with Gasteiger partial charge in [-0.25, -0.2) is 4.79 Å². The number of nitrogens with one attached hydrogen (secondary N) is 1. The third-order valence-corrected chi connectivity index (χ3v) is 3.24. The van der Waals surface area contributed by atoms with Crippen molar-refractivity contribution in [3.8, 4) is 0 Å². The van der Waals surface area contributed by atoms with Gasteiger partial charge < -0.3 is 20.9 Å². The van der Waals surface area contributed by atoms with Gasteiger partial charge in [0.15, 0.2) is 0 Å². The zero-order valence-electron chi connectivity index (χ0n) is 12.7. The van der Waals surface area contributed by atoms with Crippen molar-refractivity contribution < 1.29 is 19.4 Å². The summed E-state index contributed by atoms with van der Waals surface area (Å²) in [7, 11) is 0. The van der Waals surface area contributed by atoms with Crippen molar-refractivity contribution in [3.63, 3.8) is 0 Å². The van der Waals surface area contributed by atoms with Crippen LogP contribution in [0.1, 0.15) is 37.7 Å². The number of benzene rings is 1. The van der Waals surface area contributed by atoms with E-state index in [1.165, 1.54) is 0 Å². The Labute approximate surface area is 130 Å². The number of hydrogen-bond donors (Lipinski definition) is 3. The lowest BCUT2D eigenvalue weighted by Gasteiger charge is -2.08. The van der Waals surface area contributed by atoms with Gasteiger partial charge in [0.25, 0.3) is 0 Å². The molecule has 4 N–H and O–H groups in total. The highest BCUT2D eigenvalue weighted by Gasteiger charge is 2.09. The van der Waals surface area contributed by atoms with Gasteiger partial charge in [0, 0.05) is 6.54 Å². The number of carbonyl (C=O) groups is 2. The van der Waals surface area contributed by atoms with E-state index in [0.717, 1.165) is 31.2 Å². The van der Waals surface area contributed by atoms with E-state index in [-0.39, 0.29) is 6.61 Å². The van der Waals surface area contributed by atoms with Gasteiger partial charge in [0.2, 0.25) is 0 Å². The lowest BCUT2D eigenvalue weighted by Crippen LogP contribution is -2.29. The summed E-state index contributed by atoms with van der Waals surface area (Å²) >= 11 is 0. The van der Waals surface area contributed by atoms with Gasteiger partial charge in [-0.2, -0.15) is 0 Å². The molecule has 6 heteroatoms. The van der Waals surface area contributed by atoms with Crippen LogP contribution in [-0.2, 0) is 16.1 Å². The standard InChI is InChI=1S/C16H24N2O4/c17-14(15(19)20)10-6-1-2-7-11-18-16(21)22-12-13-8-4-3-5-9-13/h3-5,8-9,14H,1-2,6-7,10-12,17H2,(H,18,21)(H,19,20)/t14-/m0/s1. The fourth-order valence-corrected chi connectivity index (χ4v) is 1.93. The van der Waals surface area contributed by atoms with E-state index >= 15 is 0 Å². The van der Waals surface area contributed by atoms with Gasteiger partial charge in [0.1, 0.15) is 12.6 Å². The summed E-state index contributed by atoms with van der Waals surface area (Å²) in [5.41, 5.74) is 6.36. The maximum atomic E-state index is 11.5. The van der Waals surface area contributed by atoms with Crippen LogP contribution in [0.25, 0.3) is 0 Å². The Morgan fingerprint density at radius 2 is 1.82 bits per heavy atom. The van der Waals surface area contributed by atoms with Crippen LogP contribution < -0.4 is 11.1 Å². The number of carbonyl (C=O) groups excluding carboxylic acids is 1. The number of nitrogens with two attached hydrogens (primary N) is 1. The van der Waals surface area contributed by atoms with Gasteiger partial charge in [-0.05, 0) is 18.4 Å². The molecule has 0 saturated heterocycles. The Hall–Kier alpha value is -2.08. The fraction of sp³-hybridized carbons (Fsp3) is 0.500. The van der Waals surface area contributed by atoms with Crippen LogP contribution in [0.4, 0.5) is 4.79 Å². The van der Waals surface area contributed by atoms with Crippen LogP contribution in [-0.4, -0.2) is 29.8 Å². The Bertz CT molecular complexity index is 451. The first-order valence-corrected chi connectivity index (χ1v) is 7.52. The summed E-state index contributed by atoms with van der Waals surface area (Å²) in [6.07, 6.45) is 3.51. The number of carboxylic acids is 1. The first-order valence-electron chi connectivity index (χ1n) is 7.52. The number of alkyl carbamates (subject to hydrolysis) is 1. The number of unbranched alkanes of at least 4 members (excludes halogenated alkanes) is 3. The van der Waals surface area contributed by atoms with Crippen molar-refractivity contribution in [2.75, 3.05) is 6.54 Å². The van der Waals surface area contributed by atoms with Gasteiger partial charge in [-0.15, -0.1) is 0 Å². The second kappa shape index (κ2) is 10.6. The topological polar surface area (TPSA) is 102 Å². The van der Waals surface area contributed by atoms with Gasteiger partial charge in [0.05, 0.1) is 0 Å². The molecule has 122 valence electrons. The lowest BCUT2D eigenvalue weighted by molar-refractivity contribution is -0.138. The summed E-state index contributed by atoms with van der Waals surface area (Å²) in [5.74, 6) is -0.956. The molecule has 0 aliphatic heterocycles. The summed E-state index contributed by atoms with van der Waals surface area (Å²) in [6.45, 7) is 0.818. The minimum Gasteiger partial charge on any atom is -0.480 e. The van der Waals surface area contributed by atoms with Gasteiger partial charge in [-0.1, -0.05) is 49.6 Å². The lowest BCUT2D eigenvalue weighted by atomic mass is 10.1. The monoisotopic (exact) mass is 308 g/mol.